The van der Waals surface area contributed by atoms with Gasteiger partial charge in [-0.3, -0.25) is 9.79 Å². The highest BCUT2D eigenvalue weighted by Crippen LogP contribution is 2.31. The number of benzene rings is 2. The van der Waals surface area contributed by atoms with E-state index in [1.807, 2.05) is 30.3 Å². The van der Waals surface area contributed by atoms with Crippen molar-refractivity contribution in [2.45, 2.75) is 12.0 Å². The molecule has 2 aromatic carbocycles. The second-order valence-electron chi connectivity index (χ2n) is 6.79. The van der Waals surface area contributed by atoms with Crippen LogP contribution in [0.2, 0.25) is 0 Å². The van der Waals surface area contributed by atoms with Crippen LogP contribution in [0, 0.1) is 5.41 Å². The van der Waals surface area contributed by atoms with Crippen LogP contribution in [0.1, 0.15) is 33.4 Å². The number of nitrogens with one attached hydrogen (secondary N) is 2. The predicted octanol–water partition coefficient (Wildman–Crippen LogP) is 4.77. The zero-order chi connectivity index (χ0) is 22.2. The molecule has 3 aromatic rings. The summed E-state index contributed by atoms with van der Waals surface area (Å²) in [5, 5.41) is 11.0. The first kappa shape index (κ1) is 21.8. The van der Waals surface area contributed by atoms with Crippen LogP contribution in [-0.4, -0.2) is 39.5 Å². The maximum absolute atomic E-state index is 13.7. The molecule has 0 saturated carbocycles. The van der Waals surface area contributed by atoms with Gasteiger partial charge in [-0.05, 0) is 5.56 Å². The van der Waals surface area contributed by atoms with E-state index in [4.69, 9.17) is 19.3 Å². The van der Waals surface area contributed by atoms with Gasteiger partial charge in [0.1, 0.15) is 23.8 Å². The average Bonchev–Trinajstić information content (AvgIpc) is 3.30. The first-order chi connectivity index (χ1) is 15.1. The van der Waals surface area contributed by atoms with Gasteiger partial charge in [0.15, 0.2) is 5.78 Å². The van der Waals surface area contributed by atoms with Gasteiger partial charge in [0.2, 0.25) is 0 Å². The summed E-state index contributed by atoms with van der Waals surface area (Å²) in [4.78, 5) is 17.7. The van der Waals surface area contributed by atoms with Crippen LogP contribution in [0.15, 0.2) is 70.5 Å². The smallest absolute Gasteiger partial charge is 0.193 e. The molecular weight excluding hydrogens is 394 g/mol. The molecular formula is C24H25N3O4. The summed E-state index contributed by atoms with van der Waals surface area (Å²) in [6.45, 7) is 0. The monoisotopic (exact) mass is 419 g/mol. The molecule has 0 amide bonds. The summed E-state index contributed by atoms with van der Waals surface area (Å²) in [6.07, 6.45) is 5.74. The third-order valence-corrected chi connectivity index (χ3v) is 4.86. The van der Waals surface area contributed by atoms with Crippen molar-refractivity contribution >= 4 is 23.9 Å². The van der Waals surface area contributed by atoms with Crippen LogP contribution in [0.4, 0.5) is 5.69 Å². The van der Waals surface area contributed by atoms with Gasteiger partial charge in [-0.25, -0.2) is 0 Å². The fraction of sp³-hybridized carbons (Fsp3) is 0.208. The van der Waals surface area contributed by atoms with E-state index in [1.54, 1.807) is 45.7 Å². The number of carbonyl (C=O) groups excluding carboxylic acids is 1. The van der Waals surface area contributed by atoms with Crippen LogP contribution in [0.3, 0.4) is 0 Å². The first-order valence-corrected chi connectivity index (χ1v) is 9.69. The average molecular weight is 419 g/mol. The Hall–Kier alpha value is -3.87. The minimum Gasteiger partial charge on any atom is -0.497 e. The van der Waals surface area contributed by atoms with Crippen LogP contribution >= 0.6 is 0 Å². The van der Waals surface area contributed by atoms with E-state index < -0.39 is 12.0 Å². The lowest BCUT2D eigenvalue weighted by atomic mass is 9.92. The molecule has 0 spiro atoms. The lowest BCUT2D eigenvalue weighted by Gasteiger charge is -2.21. The van der Waals surface area contributed by atoms with Gasteiger partial charge in [-0.15, -0.1) is 0 Å². The zero-order valence-electron chi connectivity index (χ0n) is 17.7. The van der Waals surface area contributed by atoms with E-state index in [9.17, 15) is 4.79 Å². The Bertz CT molecular complexity index is 1040. The number of Topliss-reactive ketones (excluding diaryl/α,β-unsaturated/α-hetero) is 1. The highest BCUT2D eigenvalue weighted by molar-refractivity contribution is 6.05. The fourth-order valence-electron chi connectivity index (χ4n) is 3.30. The number of furan rings is 1. The molecule has 0 aliphatic rings. The number of rotatable bonds is 10. The minimum absolute atomic E-state index is 0.187. The molecule has 0 bridgehead atoms. The molecule has 0 aliphatic carbocycles. The number of ketones is 1. The van der Waals surface area contributed by atoms with Gasteiger partial charge in [0.25, 0.3) is 0 Å². The van der Waals surface area contributed by atoms with Gasteiger partial charge in [-0.1, -0.05) is 30.3 Å². The number of hydrogen-bond acceptors (Lipinski definition) is 7. The number of carbonyl (C=O) groups is 1. The van der Waals surface area contributed by atoms with E-state index in [-0.39, 0.29) is 5.78 Å². The van der Waals surface area contributed by atoms with Crippen molar-refractivity contribution in [1.82, 2.24) is 0 Å². The lowest BCUT2D eigenvalue weighted by Crippen LogP contribution is -2.22. The Labute approximate surface area is 181 Å². The number of anilines is 1. The quantitative estimate of drug-likeness (QED) is 0.365. The molecule has 7 heteroatoms. The van der Waals surface area contributed by atoms with Gasteiger partial charge in [-0.2, -0.15) is 0 Å². The molecule has 0 aliphatic heterocycles. The second-order valence-corrected chi connectivity index (χ2v) is 6.79. The van der Waals surface area contributed by atoms with E-state index >= 15 is 0 Å². The summed E-state index contributed by atoms with van der Waals surface area (Å²) < 4.78 is 16.1. The third-order valence-electron chi connectivity index (χ3n) is 4.86. The molecule has 2 unspecified atom stereocenters. The van der Waals surface area contributed by atoms with Gasteiger partial charge >= 0.3 is 0 Å². The molecule has 3 rings (SSSR count). The van der Waals surface area contributed by atoms with Crippen LogP contribution < -0.4 is 14.8 Å². The van der Waals surface area contributed by atoms with E-state index in [2.05, 4.69) is 10.3 Å². The highest BCUT2D eigenvalue weighted by Gasteiger charge is 2.27. The van der Waals surface area contributed by atoms with Gasteiger partial charge in [0, 0.05) is 48.9 Å². The van der Waals surface area contributed by atoms with Crippen molar-refractivity contribution in [3.8, 4) is 11.5 Å². The van der Waals surface area contributed by atoms with E-state index in [0.717, 1.165) is 5.56 Å². The van der Waals surface area contributed by atoms with Crippen LogP contribution in [0.25, 0.3) is 0 Å². The molecule has 2 N–H and O–H groups in total. The van der Waals surface area contributed by atoms with Crippen LogP contribution in [-0.2, 0) is 0 Å². The Kier molecular flexibility index (Phi) is 7.22. The Balaban J connectivity index is 2.03. The fourth-order valence-corrected chi connectivity index (χ4v) is 3.30. The predicted molar refractivity (Wildman–Crippen MR) is 121 cm³/mol. The second kappa shape index (κ2) is 10.2. The third kappa shape index (κ3) is 5.01. The van der Waals surface area contributed by atoms with E-state index in [0.29, 0.717) is 28.3 Å². The lowest BCUT2D eigenvalue weighted by molar-refractivity contribution is 0.0968. The number of methoxy groups -OCH3 is 2. The zero-order valence-corrected chi connectivity index (χ0v) is 17.7. The number of ether oxygens (including phenoxy) is 2. The van der Waals surface area contributed by atoms with E-state index in [1.165, 1.54) is 18.7 Å². The molecule has 0 fully saturated rings. The van der Waals surface area contributed by atoms with Crippen molar-refractivity contribution < 1.29 is 18.7 Å². The number of aliphatic imine (C=N–C) groups is 1. The summed E-state index contributed by atoms with van der Waals surface area (Å²) >= 11 is 0. The highest BCUT2D eigenvalue weighted by atomic mass is 16.5. The Morgan fingerprint density at radius 3 is 2.35 bits per heavy atom. The summed E-state index contributed by atoms with van der Waals surface area (Å²) in [5.41, 5.74) is 2.44. The summed E-state index contributed by atoms with van der Waals surface area (Å²) in [7, 11) is 4.77. The van der Waals surface area contributed by atoms with Crippen molar-refractivity contribution in [2.75, 3.05) is 26.6 Å². The number of nitrogens with zero attached hydrogens (tertiary/aromatic N) is 1. The Morgan fingerprint density at radius 1 is 1.10 bits per heavy atom. The van der Waals surface area contributed by atoms with Crippen molar-refractivity contribution in [3.63, 3.8) is 0 Å². The molecule has 2 atom stereocenters. The molecule has 1 heterocycles. The molecule has 0 radical (unpaired) electrons. The van der Waals surface area contributed by atoms with Gasteiger partial charge < -0.3 is 24.6 Å². The SMILES string of the molecule is CN=CC(C=N)c1cocc1C(=O)C(Nc1cc(OC)cc(OC)c1)c1ccccc1. The van der Waals surface area contributed by atoms with Crippen molar-refractivity contribution in [3.05, 3.63) is 77.7 Å². The maximum Gasteiger partial charge on any atom is 0.193 e. The van der Waals surface area contributed by atoms with Crippen molar-refractivity contribution in [1.29, 1.82) is 5.41 Å². The molecule has 31 heavy (non-hydrogen) atoms. The summed E-state index contributed by atoms with van der Waals surface area (Å²) in [5.74, 6) is 0.574. The normalized spacial score (nSPS) is 12.9. The largest absolute Gasteiger partial charge is 0.497 e. The first-order valence-electron chi connectivity index (χ1n) is 9.69. The molecule has 1 aromatic heterocycles. The molecule has 0 saturated heterocycles. The van der Waals surface area contributed by atoms with Crippen LogP contribution in [0.5, 0.6) is 11.5 Å². The van der Waals surface area contributed by atoms with Gasteiger partial charge in [0.05, 0.1) is 32.0 Å². The molecule has 7 nitrogen and oxygen atoms in total. The minimum atomic E-state index is -0.695. The topological polar surface area (TPSA) is 96.9 Å². The number of hydrogen-bond donors (Lipinski definition) is 2. The Morgan fingerprint density at radius 2 is 1.77 bits per heavy atom. The maximum atomic E-state index is 13.7. The van der Waals surface area contributed by atoms with Crippen molar-refractivity contribution in [2.24, 2.45) is 4.99 Å². The molecule has 160 valence electrons. The summed E-state index contributed by atoms with van der Waals surface area (Å²) in [6, 6.07) is 14.1. The standard InChI is InChI=1S/C24H25N3O4/c1-26-13-17(12-25)21-14-31-15-22(21)24(28)23(16-7-5-4-6-8-16)27-18-9-19(29-2)11-20(10-18)30-3/h4-15,17,23,25,27H,1-3H3.